The number of fused-ring (bicyclic) bond motifs is 4. The summed E-state index contributed by atoms with van der Waals surface area (Å²) >= 11 is 2.66. The van der Waals surface area contributed by atoms with Crippen molar-refractivity contribution in [2.24, 2.45) is 5.92 Å². The van der Waals surface area contributed by atoms with Crippen LogP contribution in [0.5, 0.6) is 0 Å². The van der Waals surface area contributed by atoms with Gasteiger partial charge < -0.3 is 26.2 Å². The molecule has 0 saturated carbocycles. The van der Waals surface area contributed by atoms with Gasteiger partial charge in [0.2, 0.25) is 11.8 Å². The maximum absolute atomic E-state index is 13.5. The van der Waals surface area contributed by atoms with Gasteiger partial charge in [0.1, 0.15) is 21.4 Å². The van der Waals surface area contributed by atoms with Crippen molar-refractivity contribution in [3.63, 3.8) is 0 Å². The second-order valence-electron chi connectivity index (χ2n) is 11.2. The van der Waals surface area contributed by atoms with Gasteiger partial charge in [0, 0.05) is 36.8 Å². The Hall–Kier alpha value is -3.39. The maximum atomic E-state index is 13.5. The number of aromatic nitrogens is 2. The molecule has 2 atom stereocenters. The first-order valence-corrected chi connectivity index (χ1v) is 16.7. The minimum atomic E-state index is -0.478. The lowest BCUT2D eigenvalue weighted by Crippen LogP contribution is -2.40. The van der Waals surface area contributed by atoms with Crippen LogP contribution in [0.3, 0.4) is 0 Å². The summed E-state index contributed by atoms with van der Waals surface area (Å²) in [6.45, 7) is 5.59. The second kappa shape index (κ2) is 17.9. The normalized spacial score (nSPS) is 18.7. The number of nitrogens with one attached hydrogen (secondary N) is 4. The van der Waals surface area contributed by atoms with Gasteiger partial charge in [0.05, 0.1) is 18.6 Å². The van der Waals surface area contributed by atoms with Crippen molar-refractivity contribution in [1.29, 1.82) is 0 Å². The molecule has 0 unspecified atom stereocenters. The summed E-state index contributed by atoms with van der Waals surface area (Å²) in [5.74, 6) is -0.555. The first kappa shape index (κ1) is 36.1. The first-order valence-electron chi connectivity index (χ1n) is 15.0. The van der Waals surface area contributed by atoms with E-state index in [2.05, 4.69) is 45.1 Å². The van der Waals surface area contributed by atoms with Crippen LogP contribution in [0.15, 0.2) is 41.1 Å². The molecule has 14 heteroatoms. The fourth-order valence-electron chi connectivity index (χ4n) is 4.96. The Labute approximate surface area is 278 Å². The maximum Gasteiger partial charge on any atom is 0.271 e. The fourth-order valence-corrected chi connectivity index (χ4v) is 6.67. The number of amides is 4. The molecule has 0 radical (unpaired) electrons. The molecule has 1 aliphatic heterocycles. The zero-order chi connectivity index (χ0) is 31.5. The molecule has 4 bridgehead atoms. The molecule has 244 valence electrons. The van der Waals surface area contributed by atoms with Crippen molar-refractivity contribution in [2.45, 2.75) is 58.0 Å². The minimum Gasteiger partial charge on any atom is -0.351 e. The smallest absolute Gasteiger partial charge is 0.271 e. The van der Waals surface area contributed by atoms with E-state index >= 15 is 0 Å². The van der Waals surface area contributed by atoms with Crippen molar-refractivity contribution >= 4 is 58.7 Å². The summed E-state index contributed by atoms with van der Waals surface area (Å²) in [4.78, 5) is 63.1. The molecule has 45 heavy (non-hydrogen) atoms. The van der Waals surface area contributed by atoms with Crippen LogP contribution in [0, 0.1) is 5.92 Å². The first-order chi connectivity index (χ1) is 21.2. The van der Waals surface area contributed by atoms with E-state index in [1.807, 2.05) is 30.3 Å². The molecule has 0 fully saturated rings. The number of likely N-dealkylation sites (N-methyl/N-ethyl adjacent to an activating group) is 1. The summed E-state index contributed by atoms with van der Waals surface area (Å²) in [6, 6.07) is 8.97. The quantitative estimate of drug-likeness (QED) is 0.310. The number of halogens is 1. The molecule has 3 aromatic rings. The highest BCUT2D eigenvalue weighted by atomic mass is 35.5. The van der Waals surface area contributed by atoms with Crippen molar-refractivity contribution in [3.05, 3.63) is 68.1 Å². The predicted octanol–water partition coefficient (Wildman–Crippen LogP) is 3.90. The van der Waals surface area contributed by atoms with Crippen LogP contribution in [0.4, 0.5) is 0 Å². The van der Waals surface area contributed by atoms with Crippen LogP contribution < -0.4 is 21.3 Å². The van der Waals surface area contributed by atoms with Crippen molar-refractivity contribution in [3.8, 4) is 0 Å². The predicted molar refractivity (Wildman–Crippen MR) is 179 cm³/mol. The SMILES string of the molecule is CNCC(=O)N1CCCNC(=O)c2csc(n2)[C@H](Cc2ccccc2)NC(=O)c2csc(n2)[C@H](CC(C)C)NC(=O)CCC1.Cl. The van der Waals surface area contributed by atoms with Gasteiger partial charge in [-0.15, -0.1) is 35.1 Å². The molecular weight excluding hydrogens is 634 g/mol. The van der Waals surface area contributed by atoms with Crippen LogP contribution >= 0.6 is 35.1 Å². The van der Waals surface area contributed by atoms with Crippen LogP contribution in [-0.2, 0) is 16.0 Å². The number of benzene rings is 1. The Bertz CT molecular complexity index is 1420. The zero-order valence-electron chi connectivity index (χ0n) is 25.8. The topological polar surface area (TPSA) is 145 Å². The molecule has 4 rings (SSSR count). The number of thiazole rings is 2. The summed E-state index contributed by atoms with van der Waals surface area (Å²) in [7, 11) is 1.72. The lowest BCUT2D eigenvalue weighted by molar-refractivity contribution is -0.131. The van der Waals surface area contributed by atoms with Crippen LogP contribution in [-0.4, -0.2) is 71.7 Å². The molecule has 0 spiro atoms. The van der Waals surface area contributed by atoms with Crippen LogP contribution in [0.1, 0.15) is 88.2 Å². The largest absolute Gasteiger partial charge is 0.351 e. The van der Waals surface area contributed by atoms with E-state index in [0.29, 0.717) is 55.3 Å². The van der Waals surface area contributed by atoms with Crippen LogP contribution in [0.2, 0.25) is 0 Å². The highest BCUT2D eigenvalue weighted by Crippen LogP contribution is 2.27. The van der Waals surface area contributed by atoms with Gasteiger partial charge in [-0.3, -0.25) is 19.2 Å². The highest BCUT2D eigenvalue weighted by molar-refractivity contribution is 7.10. The molecule has 3 heterocycles. The van der Waals surface area contributed by atoms with Gasteiger partial charge in [-0.05, 0) is 44.2 Å². The van der Waals surface area contributed by atoms with E-state index < -0.39 is 6.04 Å². The van der Waals surface area contributed by atoms with E-state index in [4.69, 9.17) is 0 Å². The molecule has 2 aromatic heterocycles. The summed E-state index contributed by atoms with van der Waals surface area (Å²) in [5.41, 5.74) is 1.56. The monoisotopic (exact) mass is 675 g/mol. The molecule has 0 saturated heterocycles. The van der Waals surface area contributed by atoms with Gasteiger partial charge >= 0.3 is 0 Å². The van der Waals surface area contributed by atoms with Crippen molar-refractivity contribution < 1.29 is 19.2 Å². The van der Waals surface area contributed by atoms with Crippen molar-refractivity contribution in [2.75, 3.05) is 33.2 Å². The molecule has 11 nitrogen and oxygen atoms in total. The highest BCUT2D eigenvalue weighted by Gasteiger charge is 2.25. The molecule has 1 aliphatic rings. The van der Waals surface area contributed by atoms with E-state index in [0.717, 1.165) is 5.56 Å². The van der Waals surface area contributed by atoms with Gasteiger partial charge in [0.15, 0.2) is 0 Å². The Kier molecular flexibility index (Phi) is 14.4. The molecular formula is C31H42ClN7O4S2. The number of rotatable bonds is 6. The summed E-state index contributed by atoms with van der Waals surface area (Å²) in [5, 5.41) is 16.7. The van der Waals surface area contributed by atoms with Crippen molar-refractivity contribution in [1.82, 2.24) is 36.1 Å². The standard InChI is InChI=1S/C31H41N7O4S2.ClH/c1-20(2)15-22-30-37-25(19-44-30)29(42)35-23(16-21-9-5-4-6-10-21)31-36-24(18-43-31)28(41)33-12-8-14-38(27(40)17-32-3)13-7-11-26(39)34-22;/h4-6,9-10,18-20,22-23,32H,7-8,11-17H2,1-3H3,(H,33,41)(H,34,39)(H,35,42);1H/t22-,23-;/m0./s1. The third-order valence-electron chi connectivity index (χ3n) is 7.14. The Balaban J connectivity index is 0.00000552. The van der Waals surface area contributed by atoms with Gasteiger partial charge in [-0.1, -0.05) is 44.2 Å². The van der Waals surface area contributed by atoms with E-state index in [1.165, 1.54) is 22.7 Å². The third-order valence-corrected chi connectivity index (χ3v) is 9.06. The zero-order valence-corrected chi connectivity index (χ0v) is 28.3. The summed E-state index contributed by atoms with van der Waals surface area (Å²) in [6.07, 6.45) is 2.46. The molecule has 0 aliphatic carbocycles. The Morgan fingerprint density at radius 3 is 2.27 bits per heavy atom. The average molecular weight is 676 g/mol. The van der Waals surface area contributed by atoms with Gasteiger partial charge in [-0.2, -0.15) is 0 Å². The Morgan fingerprint density at radius 2 is 1.60 bits per heavy atom. The molecule has 1 aromatic carbocycles. The number of nitrogens with zero attached hydrogens (tertiary/aromatic N) is 3. The number of hydrogen-bond donors (Lipinski definition) is 4. The Morgan fingerprint density at radius 1 is 0.956 bits per heavy atom. The van der Waals surface area contributed by atoms with E-state index in [1.54, 1.807) is 22.7 Å². The molecule has 4 N–H and O–H groups in total. The van der Waals surface area contributed by atoms with E-state index in [-0.39, 0.29) is 72.3 Å². The number of carbonyl (C=O) groups is 4. The second-order valence-corrected chi connectivity index (χ2v) is 13.0. The number of hydrogen-bond acceptors (Lipinski definition) is 9. The summed E-state index contributed by atoms with van der Waals surface area (Å²) < 4.78 is 0. The molecule has 4 amide bonds. The number of carbonyl (C=O) groups excluding carboxylic acids is 4. The lowest BCUT2D eigenvalue weighted by Gasteiger charge is -2.23. The van der Waals surface area contributed by atoms with E-state index in [9.17, 15) is 19.2 Å². The van der Waals surface area contributed by atoms with Gasteiger partial charge in [0.25, 0.3) is 11.8 Å². The third kappa shape index (κ3) is 10.9. The minimum absolute atomic E-state index is 0. The van der Waals surface area contributed by atoms with Gasteiger partial charge in [-0.25, -0.2) is 9.97 Å². The van der Waals surface area contributed by atoms with Crippen LogP contribution in [0.25, 0.3) is 0 Å². The lowest BCUT2D eigenvalue weighted by atomic mass is 10.0. The average Bonchev–Trinajstić information content (AvgIpc) is 3.69. The fraction of sp³-hybridized carbons (Fsp3) is 0.484.